The Balaban J connectivity index is 0.000000254. The van der Waals surface area contributed by atoms with Crippen LogP contribution >= 0.6 is 15.9 Å². The average Bonchev–Trinajstić information content (AvgIpc) is 1.44. The molecular weight excluding hydrogens is 1310 g/mol. The molecule has 8 rings (SSSR count). The van der Waals surface area contributed by atoms with E-state index in [4.69, 9.17) is 0 Å². The van der Waals surface area contributed by atoms with E-state index in [0.29, 0.717) is 0 Å². The maximum atomic E-state index is 15.8. The molecule has 2 N–H and O–H groups in total. The normalized spacial score (nSPS) is 14.3. The highest BCUT2D eigenvalue weighted by molar-refractivity contribution is 9.10. The number of hydrogen-bond acceptors (Lipinski definition) is 4. The first kappa shape index (κ1) is 68.6. The molecule has 0 saturated heterocycles. The standard InChI is InChI=1S/C29H20BrF11N2O2.C29H21F11N2O2/c1-14-5-9-16(10-6-14)25(45)43(13-15-7-8-15)21-4-2-3-18(22(21)31)24(44)42-23-19(27(33,34)35)11-17(12-20(23)30)26(32,28(36,37)38)29(39,40)41;1-15-5-9-17(10-6-15)25(44)42(14-16-7-8-16)22-4-2-3-19(23(22)30)24(43)41-21-12-11-18(13-20(21)27(32,33)34)26(31,28(35,36)37)29(38,39)40/h2-6,9-12,15H,7-8,13H2,1H3,(H,42,44);2-6,9-13,16H,7-8,14H2,1H3,(H,41,43). The van der Waals surface area contributed by atoms with Gasteiger partial charge in [0.15, 0.2) is 11.6 Å². The first-order valence-electron chi connectivity index (χ1n) is 25.7. The molecule has 2 aliphatic rings. The molecule has 0 bridgehead atoms. The third kappa shape index (κ3) is 14.6. The molecule has 0 atom stereocenters. The smallest absolute Gasteiger partial charge is 0.321 e. The number of hydrogen-bond donors (Lipinski definition) is 2. The number of amides is 4. The van der Waals surface area contributed by atoms with Crippen molar-refractivity contribution in [3.8, 4) is 0 Å². The molecule has 6 aromatic carbocycles. The first-order chi connectivity index (χ1) is 40.9. The van der Waals surface area contributed by atoms with Gasteiger partial charge in [0.25, 0.3) is 23.6 Å². The van der Waals surface area contributed by atoms with E-state index in [1.807, 2.05) is 0 Å². The Morgan fingerprint density at radius 2 is 0.820 bits per heavy atom. The van der Waals surface area contributed by atoms with E-state index in [1.54, 1.807) is 48.7 Å². The number of aryl methyl sites for hydroxylation is 2. The number of nitrogens with zero attached hydrogens (tertiary/aromatic N) is 2. The highest BCUT2D eigenvalue weighted by atomic mass is 79.9. The first-order valence-corrected chi connectivity index (χ1v) is 26.5. The van der Waals surface area contributed by atoms with Crippen molar-refractivity contribution in [2.45, 2.75) is 87.9 Å². The second-order valence-corrected chi connectivity index (χ2v) is 21.4. The zero-order valence-corrected chi connectivity index (χ0v) is 46.7. The Labute approximate surface area is 497 Å². The van der Waals surface area contributed by atoms with Crippen molar-refractivity contribution in [1.82, 2.24) is 0 Å². The van der Waals surface area contributed by atoms with Crippen LogP contribution in [0, 0.1) is 37.3 Å². The molecule has 89 heavy (non-hydrogen) atoms. The van der Waals surface area contributed by atoms with Crippen LogP contribution in [0.25, 0.3) is 0 Å². The Hall–Kier alpha value is -7.86. The number of halogens is 23. The molecule has 0 aliphatic heterocycles. The van der Waals surface area contributed by atoms with Crippen LogP contribution in [0.15, 0.2) is 120 Å². The van der Waals surface area contributed by atoms with Crippen molar-refractivity contribution in [3.63, 3.8) is 0 Å². The zero-order chi connectivity index (χ0) is 66.5. The molecule has 0 aromatic heterocycles. The van der Waals surface area contributed by atoms with E-state index in [2.05, 4.69) is 15.9 Å². The van der Waals surface area contributed by atoms with Crippen LogP contribution in [0.3, 0.4) is 0 Å². The molecule has 8 nitrogen and oxygen atoms in total. The molecule has 4 amide bonds. The van der Waals surface area contributed by atoms with Gasteiger partial charge in [-0.05, 0) is 140 Å². The van der Waals surface area contributed by atoms with Crippen molar-refractivity contribution in [2.24, 2.45) is 11.8 Å². The summed E-state index contributed by atoms with van der Waals surface area (Å²) < 4.78 is 301. The van der Waals surface area contributed by atoms with Crippen LogP contribution in [-0.4, -0.2) is 61.4 Å². The van der Waals surface area contributed by atoms with Crippen molar-refractivity contribution in [2.75, 3.05) is 33.5 Å². The largest absolute Gasteiger partial charge is 0.435 e. The Bertz CT molecular complexity index is 3620. The molecule has 0 heterocycles. The monoisotopic (exact) mass is 1350 g/mol. The molecular formula is C58H41BrF22N4O4. The molecule has 2 aliphatic carbocycles. The Morgan fingerprint density at radius 1 is 0.461 bits per heavy atom. The Morgan fingerprint density at radius 3 is 1.18 bits per heavy atom. The number of nitrogens with one attached hydrogen (secondary N) is 2. The highest BCUT2D eigenvalue weighted by Crippen LogP contribution is 2.57. The predicted octanol–water partition coefficient (Wildman–Crippen LogP) is 18.3. The lowest BCUT2D eigenvalue weighted by Crippen LogP contribution is -2.50. The van der Waals surface area contributed by atoms with Crippen molar-refractivity contribution in [1.29, 1.82) is 0 Å². The van der Waals surface area contributed by atoms with Crippen molar-refractivity contribution >= 4 is 62.3 Å². The number of rotatable bonds is 14. The van der Waals surface area contributed by atoms with E-state index in [9.17, 15) is 107 Å². The second-order valence-electron chi connectivity index (χ2n) is 20.6. The minimum atomic E-state index is -6.72. The van der Waals surface area contributed by atoms with E-state index in [1.165, 1.54) is 24.3 Å². The summed E-state index contributed by atoms with van der Waals surface area (Å²) in [5.74, 6) is -7.08. The van der Waals surface area contributed by atoms with E-state index in [0.717, 1.165) is 83.0 Å². The van der Waals surface area contributed by atoms with Gasteiger partial charge in [0.2, 0.25) is 0 Å². The fourth-order valence-corrected chi connectivity index (χ4v) is 9.37. The van der Waals surface area contributed by atoms with Crippen LogP contribution < -0.4 is 20.4 Å². The van der Waals surface area contributed by atoms with Gasteiger partial charge < -0.3 is 20.4 Å². The summed E-state index contributed by atoms with van der Waals surface area (Å²) in [4.78, 5) is 54.8. The van der Waals surface area contributed by atoms with Crippen LogP contribution in [0.1, 0.15) is 100 Å². The number of benzene rings is 6. The summed E-state index contributed by atoms with van der Waals surface area (Å²) in [7, 11) is 0. The van der Waals surface area contributed by atoms with Gasteiger partial charge in [-0.2, -0.15) is 79.0 Å². The third-order valence-corrected chi connectivity index (χ3v) is 14.6. The van der Waals surface area contributed by atoms with Gasteiger partial charge in [0, 0.05) is 39.8 Å². The van der Waals surface area contributed by atoms with Gasteiger partial charge in [-0.1, -0.05) is 53.6 Å². The van der Waals surface area contributed by atoms with E-state index >= 15 is 8.78 Å². The number of carbonyl (C=O) groups is 4. The van der Waals surface area contributed by atoms with Crippen LogP contribution in [0.5, 0.6) is 0 Å². The number of anilines is 4. The lowest BCUT2D eigenvalue weighted by Gasteiger charge is -2.31. The molecule has 2 saturated carbocycles. The van der Waals surface area contributed by atoms with Crippen molar-refractivity contribution in [3.05, 3.63) is 187 Å². The van der Waals surface area contributed by atoms with E-state index < -0.39 is 151 Å². The SMILES string of the molecule is Cc1ccc(C(=O)N(CC2CC2)c2cccc(C(=O)Nc3c(Br)cc(C(F)(C(F)(F)F)C(F)(F)F)cc3C(F)(F)F)c2F)cc1.Cc1ccc(C(=O)N(CC2CC2)c2cccc(C(=O)Nc3ccc(C(F)(C(F)(F)F)C(F)(F)F)cc3C(F)(F)F)c2F)cc1. The Kier molecular flexibility index (Phi) is 19.2. The van der Waals surface area contributed by atoms with Crippen LogP contribution in [-0.2, 0) is 23.7 Å². The minimum absolute atomic E-state index is 0.00391. The zero-order valence-electron chi connectivity index (χ0n) is 45.1. The molecule has 2 fully saturated rings. The minimum Gasteiger partial charge on any atom is -0.321 e. The summed E-state index contributed by atoms with van der Waals surface area (Å²) in [6.45, 7) is 3.64. The maximum absolute atomic E-state index is 15.8. The van der Waals surface area contributed by atoms with Gasteiger partial charge in [-0.3, -0.25) is 19.2 Å². The summed E-state index contributed by atoms with van der Waals surface area (Å²) in [6.07, 6.45) is -35.3. The lowest BCUT2D eigenvalue weighted by atomic mass is 9.92. The lowest BCUT2D eigenvalue weighted by molar-refractivity contribution is -0.349. The van der Waals surface area contributed by atoms with E-state index in [-0.39, 0.29) is 59.9 Å². The topological polar surface area (TPSA) is 98.8 Å². The second kappa shape index (κ2) is 24.8. The van der Waals surface area contributed by atoms with Crippen LogP contribution in [0.4, 0.5) is 119 Å². The molecule has 0 radical (unpaired) electrons. The van der Waals surface area contributed by atoms with Gasteiger partial charge >= 0.3 is 48.4 Å². The number of alkyl halides is 20. The average molecular weight is 1360 g/mol. The molecule has 0 unspecified atom stereocenters. The molecule has 6 aromatic rings. The van der Waals surface area contributed by atoms with Gasteiger partial charge in [-0.25, -0.2) is 17.6 Å². The fraction of sp³-hybridized carbons (Fsp3) is 0.310. The summed E-state index contributed by atoms with van der Waals surface area (Å²) >= 11 is 2.40. The molecule has 0 spiro atoms. The summed E-state index contributed by atoms with van der Waals surface area (Å²) in [5.41, 5.74) is -25.1. The maximum Gasteiger partial charge on any atom is 0.435 e. The van der Waals surface area contributed by atoms with Crippen molar-refractivity contribution < 1.29 is 116 Å². The predicted molar refractivity (Wildman–Crippen MR) is 280 cm³/mol. The molecule has 478 valence electrons. The quantitative estimate of drug-likeness (QED) is 0.106. The van der Waals surface area contributed by atoms with Crippen LogP contribution in [0.2, 0.25) is 0 Å². The third-order valence-electron chi connectivity index (χ3n) is 14.0. The van der Waals surface area contributed by atoms with Gasteiger partial charge in [0.05, 0.1) is 45.0 Å². The van der Waals surface area contributed by atoms with Gasteiger partial charge in [0.1, 0.15) is 0 Å². The summed E-state index contributed by atoms with van der Waals surface area (Å²) in [6, 6.07) is 16.9. The van der Waals surface area contributed by atoms with Gasteiger partial charge in [-0.15, -0.1) is 0 Å². The fourth-order valence-electron chi connectivity index (χ4n) is 8.81. The molecule has 31 heteroatoms. The highest BCUT2D eigenvalue weighted by Gasteiger charge is 2.75. The summed E-state index contributed by atoms with van der Waals surface area (Å²) in [5, 5.41) is 3.28. The number of carbonyl (C=O) groups excluding carboxylic acids is 4.